The molecule has 0 aromatic heterocycles. The van der Waals surface area contributed by atoms with Crippen LogP contribution in [0.15, 0.2) is 0 Å². The molecule has 1 fully saturated rings. The van der Waals surface area contributed by atoms with Crippen LogP contribution in [-0.2, 0) is 28.7 Å². The van der Waals surface area contributed by atoms with Gasteiger partial charge in [-0.1, -0.05) is 188 Å². The van der Waals surface area contributed by atoms with Crippen LogP contribution in [0.2, 0.25) is 0 Å². The highest BCUT2D eigenvalue weighted by molar-refractivity contribution is 5.98. The lowest BCUT2D eigenvalue weighted by Crippen LogP contribution is -2.47. The van der Waals surface area contributed by atoms with Gasteiger partial charge in [0.05, 0.1) is 0 Å². The highest BCUT2D eigenvalue weighted by Gasteiger charge is 2.26. The van der Waals surface area contributed by atoms with E-state index in [1.165, 1.54) is 178 Å². The van der Waals surface area contributed by atoms with Gasteiger partial charge in [0, 0.05) is 13.0 Å². The van der Waals surface area contributed by atoms with Gasteiger partial charge in [-0.25, -0.2) is 0 Å². The summed E-state index contributed by atoms with van der Waals surface area (Å²) in [6, 6.07) is 0. The van der Waals surface area contributed by atoms with E-state index in [1.54, 1.807) is 0 Å². The lowest BCUT2D eigenvalue weighted by molar-refractivity contribution is -0.158. The number of unbranched alkanes of at least 4 members (excludes halogenated alkanes) is 27. The zero-order chi connectivity index (χ0) is 42.6. The van der Waals surface area contributed by atoms with Gasteiger partial charge < -0.3 is 19.5 Å². The topological polar surface area (TPSA) is 113 Å². The van der Waals surface area contributed by atoms with Crippen LogP contribution < -0.4 is 0 Å². The number of imide groups is 1. The van der Waals surface area contributed by atoms with Crippen LogP contribution in [0.4, 0.5) is 0 Å². The van der Waals surface area contributed by atoms with Crippen molar-refractivity contribution in [2.45, 2.75) is 252 Å². The summed E-state index contributed by atoms with van der Waals surface area (Å²) in [6.45, 7) is 10.2. The molecule has 0 radical (unpaired) electrons. The maximum atomic E-state index is 12.8. The van der Waals surface area contributed by atoms with Crippen LogP contribution in [0.5, 0.6) is 0 Å². The van der Waals surface area contributed by atoms with Gasteiger partial charge >= 0.3 is 5.97 Å². The first-order chi connectivity index (χ1) is 28.4. The molecule has 2 amide bonds. The highest BCUT2D eigenvalue weighted by Crippen LogP contribution is 2.19. The molecule has 0 spiro atoms. The first-order valence-electron chi connectivity index (χ1n) is 24.8. The molecule has 1 N–H and O–H groups in total. The minimum absolute atomic E-state index is 0.0125. The lowest BCUT2D eigenvalue weighted by atomic mass is 10.0. The molecule has 0 aliphatic carbocycles. The molecule has 0 aromatic carbocycles. The number of morpholine rings is 1. The summed E-state index contributed by atoms with van der Waals surface area (Å²) in [4.78, 5) is 49.5. The van der Waals surface area contributed by atoms with Gasteiger partial charge in [-0.3, -0.25) is 24.1 Å². The van der Waals surface area contributed by atoms with Crippen molar-refractivity contribution in [3.63, 3.8) is 0 Å². The summed E-state index contributed by atoms with van der Waals surface area (Å²) in [7, 11) is 0. The first kappa shape index (κ1) is 56.0. The normalized spacial score (nSPS) is 13.0. The Morgan fingerprint density at radius 1 is 0.569 bits per heavy atom. The largest absolute Gasteiger partial charge is 0.483 e. The van der Waals surface area contributed by atoms with Crippen molar-refractivity contribution < 1.29 is 33.8 Å². The molecule has 1 aliphatic rings. The number of amides is 2. The van der Waals surface area contributed by atoms with E-state index in [0.717, 1.165) is 64.6 Å². The monoisotopic (exact) mass is 823 g/mol. The van der Waals surface area contributed by atoms with Gasteiger partial charge in [-0.15, -0.1) is 0 Å². The molecule has 1 rings (SSSR count). The lowest BCUT2D eigenvalue weighted by Gasteiger charge is -2.27. The van der Waals surface area contributed by atoms with Gasteiger partial charge in [0.1, 0.15) is 19.3 Å². The maximum Gasteiger partial charge on any atom is 0.306 e. The first-order valence-corrected chi connectivity index (χ1v) is 24.8. The molecule has 9 heteroatoms. The Balaban J connectivity index is 0.0000105. The average Bonchev–Trinajstić information content (AvgIpc) is 3.21. The summed E-state index contributed by atoms with van der Waals surface area (Å²) in [5.41, 5.74) is 0. The van der Waals surface area contributed by atoms with E-state index in [-0.39, 0.29) is 43.6 Å². The fourth-order valence-electron chi connectivity index (χ4n) is 8.03. The number of ether oxygens (including phenoxy) is 2. The summed E-state index contributed by atoms with van der Waals surface area (Å²) in [5, 5.41) is 6.89. The molecular formula is C49H94N2O7. The van der Waals surface area contributed by atoms with Crippen LogP contribution in [0.3, 0.4) is 0 Å². The van der Waals surface area contributed by atoms with Crippen molar-refractivity contribution in [3.8, 4) is 0 Å². The third-order valence-electron chi connectivity index (χ3n) is 11.6. The fourth-order valence-corrected chi connectivity index (χ4v) is 8.03. The van der Waals surface area contributed by atoms with E-state index >= 15 is 0 Å². The minimum Gasteiger partial charge on any atom is -0.483 e. The van der Waals surface area contributed by atoms with E-state index in [9.17, 15) is 14.4 Å². The van der Waals surface area contributed by atoms with Gasteiger partial charge in [-0.05, 0) is 71.0 Å². The van der Waals surface area contributed by atoms with E-state index in [1.807, 2.05) is 0 Å². The van der Waals surface area contributed by atoms with Crippen molar-refractivity contribution in [1.29, 1.82) is 0 Å². The zero-order valence-electron chi connectivity index (χ0n) is 38.4. The highest BCUT2D eigenvalue weighted by atomic mass is 16.5. The van der Waals surface area contributed by atoms with Crippen LogP contribution in [0, 0.1) is 0 Å². The van der Waals surface area contributed by atoms with E-state index < -0.39 is 0 Å². The smallest absolute Gasteiger partial charge is 0.306 e. The molecule has 342 valence electrons. The Hall–Kier alpha value is -2.00. The fraction of sp³-hybridized carbons (Fsp3) is 0.918. The van der Waals surface area contributed by atoms with E-state index in [2.05, 4.69) is 25.7 Å². The molecule has 58 heavy (non-hydrogen) atoms. The van der Waals surface area contributed by atoms with Crippen LogP contribution in [0.25, 0.3) is 0 Å². The Bertz CT molecular complexity index is 901. The molecule has 0 unspecified atom stereocenters. The number of nitrogens with zero attached hydrogens (tertiary/aromatic N) is 2. The summed E-state index contributed by atoms with van der Waals surface area (Å²) in [6.07, 6.45) is 43.5. The summed E-state index contributed by atoms with van der Waals surface area (Å²) in [5.74, 6) is -0.395. The average molecular weight is 823 g/mol. The van der Waals surface area contributed by atoms with Gasteiger partial charge in [0.15, 0.2) is 0 Å². The van der Waals surface area contributed by atoms with Gasteiger partial charge in [0.2, 0.25) is 0 Å². The number of carbonyl (C=O) groups excluding carboxylic acids is 3. The number of hydrogen-bond donors (Lipinski definition) is 1. The molecule has 1 heterocycles. The predicted molar refractivity (Wildman–Crippen MR) is 241 cm³/mol. The molecule has 9 nitrogen and oxygen atoms in total. The van der Waals surface area contributed by atoms with Crippen molar-refractivity contribution >= 4 is 24.3 Å². The number of hydrogen-bond acceptors (Lipinski definition) is 7. The van der Waals surface area contributed by atoms with Gasteiger partial charge in [-0.2, -0.15) is 0 Å². The van der Waals surface area contributed by atoms with Gasteiger partial charge in [0.25, 0.3) is 18.3 Å². The van der Waals surface area contributed by atoms with E-state index in [4.69, 9.17) is 19.4 Å². The predicted octanol–water partition coefficient (Wildman–Crippen LogP) is 13.0. The van der Waals surface area contributed by atoms with Crippen LogP contribution in [-0.4, -0.2) is 84.7 Å². The second-order valence-corrected chi connectivity index (χ2v) is 17.1. The summed E-state index contributed by atoms with van der Waals surface area (Å²) >= 11 is 0. The van der Waals surface area contributed by atoms with Crippen molar-refractivity contribution in [1.82, 2.24) is 9.80 Å². The molecule has 0 aromatic rings. The minimum atomic E-state index is -0.250. The maximum absolute atomic E-state index is 12.8. The number of carboxylic acid groups (broad SMARTS) is 1. The van der Waals surface area contributed by atoms with E-state index in [0.29, 0.717) is 13.0 Å². The summed E-state index contributed by atoms with van der Waals surface area (Å²) < 4.78 is 11.2. The standard InChI is InChI=1S/C48H92N2O5.CH2O2/c1-4-7-10-13-16-17-18-19-20-21-22-23-28-33-39-49(41-35-42-50-46(51)43-54-44-47(50)52)40-34-29-24-27-32-38-48(53)55-45(36-30-25-14-11-8-5-2)37-31-26-15-12-9-6-3;2-1-3/h45H,4-44H2,1-3H3;1H,(H,2,3). The van der Waals surface area contributed by atoms with Crippen molar-refractivity contribution in [2.75, 3.05) is 39.4 Å². The zero-order valence-corrected chi connectivity index (χ0v) is 38.4. The third kappa shape index (κ3) is 37.0. The number of carbonyl (C=O) groups is 4. The van der Waals surface area contributed by atoms with Crippen molar-refractivity contribution in [3.05, 3.63) is 0 Å². The van der Waals surface area contributed by atoms with Crippen LogP contribution >= 0.6 is 0 Å². The molecular weight excluding hydrogens is 729 g/mol. The second kappa shape index (κ2) is 44.5. The molecule has 0 bridgehead atoms. The Kier molecular flexibility index (Phi) is 43.0. The molecule has 1 aliphatic heterocycles. The molecule has 0 saturated carbocycles. The number of esters is 1. The third-order valence-corrected chi connectivity index (χ3v) is 11.6. The van der Waals surface area contributed by atoms with Crippen LogP contribution in [0.1, 0.15) is 245 Å². The Morgan fingerprint density at radius 3 is 1.29 bits per heavy atom. The number of rotatable bonds is 42. The quantitative estimate of drug-likeness (QED) is 0.0280. The molecule has 1 saturated heterocycles. The molecule has 0 atom stereocenters. The Morgan fingerprint density at radius 2 is 0.897 bits per heavy atom. The van der Waals surface area contributed by atoms with Crippen molar-refractivity contribution in [2.24, 2.45) is 0 Å². The second-order valence-electron chi connectivity index (χ2n) is 17.1. The SMILES string of the molecule is CCCCCCCCCCCCCCCCN(CCCCCCCC(=O)OC(CCCCCCCC)CCCCCCCC)CCCN1C(=O)COCC1=O.O=CO. The Labute approximate surface area is 357 Å².